The molecule has 1 fully saturated rings. The second-order valence-corrected chi connectivity index (χ2v) is 7.94. The molecule has 32 heavy (non-hydrogen) atoms. The fourth-order valence-corrected chi connectivity index (χ4v) is 3.90. The van der Waals surface area contributed by atoms with Crippen molar-refractivity contribution in [1.82, 2.24) is 15.6 Å². The predicted molar refractivity (Wildman–Crippen MR) is 113 cm³/mol. The highest BCUT2D eigenvalue weighted by molar-refractivity contribution is 5.92. The summed E-state index contributed by atoms with van der Waals surface area (Å²) in [5.41, 5.74) is 9.91. The third-order valence-electron chi connectivity index (χ3n) is 5.60. The number of para-hydroxylation sites is 1. The molecule has 1 unspecified atom stereocenters. The SMILES string of the molecule is CO[C@H]1[C@@H](C(=O)NCC(F)=C(C)C)N(C(=O)CN2NC(C(N)=O)c3ccccc32)C[C@@H]1F. The molecule has 3 amide bonds. The van der Waals surface area contributed by atoms with Crippen molar-refractivity contribution in [3.63, 3.8) is 0 Å². The van der Waals surface area contributed by atoms with Gasteiger partial charge >= 0.3 is 0 Å². The number of anilines is 1. The zero-order valence-corrected chi connectivity index (χ0v) is 18.1. The molecule has 2 heterocycles. The van der Waals surface area contributed by atoms with Crippen LogP contribution in [0.4, 0.5) is 14.5 Å². The number of carbonyl (C=O) groups is 3. The Morgan fingerprint density at radius 3 is 2.59 bits per heavy atom. The Kier molecular flexibility index (Phi) is 7.09. The average molecular weight is 451 g/mol. The van der Waals surface area contributed by atoms with E-state index in [1.54, 1.807) is 38.1 Å². The predicted octanol–water partition coefficient (Wildman–Crippen LogP) is 0.481. The summed E-state index contributed by atoms with van der Waals surface area (Å²) in [5, 5.41) is 3.85. The van der Waals surface area contributed by atoms with E-state index >= 15 is 0 Å². The van der Waals surface area contributed by atoms with Crippen molar-refractivity contribution in [3.05, 3.63) is 41.2 Å². The lowest BCUT2D eigenvalue weighted by Gasteiger charge is -2.28. The Hall–Kier alpha value is -3.05. The van der Waals surface area contributed by atoms with Gasteiger partial charge in [-0.2, -0.15) is 0 Å². The van der Waals surface area contributed by atoms with Gasteiger partial charge in [-0.3, -0.25) is 19.4 Å². The Labute approximate surface area is 184 Å². The number of primary amides is 1. The van der Waals surface area contributed by atoms with E-state index in [2.05, 4.69) is 10.7 Å². The number of hydrogen-bond acceptors (Lipinski definition) is 6. The molecule has 2 aliphatic rings. The van der Waals surface area contributed by atoms with Crippen LogP contribution in [0.15, 0.2) is 35.7 Å². The van der Waals surface area contributed by atoms with Gasteiger partial charge in [0.25, 0.3) is 0 Å². The number of hydrogen-bond donors (Lipinski definition) is 3. The molecule has 1 aromatic rings. The van der Waals surface area contributed by atoms with Crippen LogP contribution in [0.25, 0.3) is 0 Å². The zero-order valence-electron chi connectivity index (χ0n) is 18.1. The van der Waals surface area contributed by atoms with Gasteiger partial charge in [0.15, 0.2) is 0 Å². The summed E-state index contributed by atoms with van der Waals surface area (Å²) in [7, 11) is 1.25. The van der Waals surface area contributed by atoms with E-state index in [9.17, 15) is 23.2 Å². The monoisotopic (exact) mass is 451 g/mol. The molecule has 11 heteroatoms. The maximum Gasteiger partial charge on any atom is 0.245 e. The third-order valence-corrected chi connectivity index (χ3v) is 5.60. The van der Waals surface area contributed by atoms with Gasteiger partial charge in [0.05, 0.1) is 18.8 Å². The van der Waals surface area contributed by atoms with Crippen LogP contribution >= 0.6 is 0 Å². The average Bonchev–Trinajstić information content (AvgIpc) is 3.29. The highest BCUT2D eigenvalue weighted by Gasteiger charge is 2.49. The first-order chi connectivity index (χ1) is 15.1. The van der Waals surface area contributed by atoms with E-state index in [0.29, 0.717) is 16.8 Å². The smallest absolute Gasteiger partial charge is 0.245 e. The summed E-state index contributed by atoms with van der Waals surface area (Å²) in [6.07, 6.45) is -2.78. The van der Waals surface area contributed by atoms with E-state index < -0.39 is 47.9 Å². The van der Waals surface area contributed by atoms with Crippen LogP contribution in [-0.2, 0) is 19.1 Å². The van der Waals surface area contributed by atoms with Crippen LogP contribution in [-0.4, -0.2) is 67.7 Å². The van der Waals surface area contributed by atoms with Crippen LogP contribution in [0.5, 0.6) is 0 Å². The Bertz CT molecular complexity index is 937. The first kappa shape index (κ1) is 23.6. The molecule has 0 aromatic heterocycles. The van der Waals surface area contributed by atoms with E-state index in [1.165, 1.54) is 12.1 Å². The number of fused-ring (bicyclic) bond motifs is 1. The first-order valence-electron chi connectivity index (χ1n) is 10.1. The highest BCUT2D eigenvalue weighted by atomic mass is 19.1. The van der Waals surface area contributed by atoms with E-state index in [-0.39, 0.29) is 19.6 Å². The molecule has 1 saturated heterocycles. The number of nitrogens with zero attached hydrogens (tertiary/aromatic N) is 2. The fourth-order valence-electron chi connectivity index (χ4n) is 3.90. The summed E-state index contributed by atoms with van der Waals surface area (Å²) in [6.45, 7) is 2.12. The Morgan fingerprint density at radius 2 is 1.97 bits per heavy atom. The van der Waals surface area contributed by atoms with Crippen molar-refractivity contribution in [2.75, 3.05) is 31.8 Å². The molecule has 2 aliphatic heterocycles. The van der Waals surface area contributed by atoms with Gasteiger partial charge in [-0.1, -0.05) is 18.2 Å². The molecule has 0 radical (unpaired) electrons. The van der Waals surface area contributed by atoms with Crippen molar-refractivity contribution in [2.45, 2.75) is 38.2 Å². The number of ether oxygens (including phenoxy) is 1. The van der Waals surface area contributed by atoms with E-state index in [4.69, 9.17) is 10.5 Å². The number of hydrazine groups is 1. The van der Waals surface area contributed by atoms with Crippen LogP contribution in [0.2, 0.25) is 0 Å². The van der Waals surface area contributed by atoms with Crippen molar-refractivity contribution in [3.8, 4) is 0 Å². The normalized spacial score (nSPS) is 24.3. The van der Waals surface area contributed by atoms with Gasteiger partial charge in [-0.05, 0) is 25.5 Å². The Balaban J connectivity index is 1.78. The molecule has 0 saturated carbocycles. The van der Waals surface area contributed by atoms with Crippen LogP contribution < -0.4 is 21.5 Å². The molecular weight excluding hydrogens is 424 g/mol. The lowest BCUT2D eigenvalue weighted by atomic mass is 10.1. The number of allylic oxidation sites excluding steroid dienone is 1. The number of rotatable bonds is 7. The number of likely N-dealkylation sites (tertiary alicyclic amines) is 1. The van der Waals surface area contributed by atoms with Gasteiger partial charge in [-0.15, -0.1) is 0 Å². The molecule has 4 atom stereocenters. The number of nitrogens with two attached hydrogens (primary N) is 1. The molecule has 0 aliphatic carbocycles. The molecular formula is C21H27F2N5O4. The summed E-state index contributed by atoms with van der Waals surface area (Å²) in [4.78, 5) is 38.7. The summed E-state index contributed by atoms with van der Waals surface area (Å²) in [6, 6.07) is 4.83. The Morgan fingerprint density at radius 1 is 1.28 bits per heavy atom. The standard InChI is InChI=1S/C21H27F2N5O4/c1-11(2)13(22)8-25-21(31)18-19(32-3)14(23)9-27(18)16(29)10-28-15-7-5-4-6-12(15)17(26-28)20(24)30/h4-7,14,17-19,26H,8-10H2,1-3H3,(H2,24,30)(H,25,31)/t14-,17?,18-,19+/m0/s1. The van der Waals surface area contributed by atoms with Crippen molar-refractivity contribution < 1.29 is 27.9 Å². The maximum atomic E-state index is 14.6. The number of nitrogens with one attached hydrogen (secondary N) is 2. The fraction of sp³-hybridized carbons (Fsp3) is 0.476. The number of halogens is 2. The molecule has 9 nitrogen and oxygen atoms in total. The minimum atomic E-state index is -1.59. The lowest BCUT2D eigenvalue weighted by Crippen LogP contribution is -2.54. The van der Waals surface area contributed by atoms with Gasteiger partial charge in [-0.25, -0.2) is 14.2 Å². The highest BCUT2D eigenvalue weighted by Crippen LogP contribution is 2.33. The van der Waals surface area contributed by atoms with Gasteiger partial charge in [0.1, 0.15) is 36.7 Å². The molecule has 0 spiro atoms. The third kappa shape index (κ3) is 4.58. The largest absolute Gasteiger partial charge is 0.376 e. The van der Waals surface area contributed by atoms with E-state index in [0.717, 1.165) is 4.90 Å². The van der Waals surface area contributed by atoms with Crippen molar-refractivity contribution >= 4 is 23.4 Å². The molecule has 3 rings (SSSR count). The maximum absolute atomic E-state index is 14.6. The quantitative estimate of drug-likeness (QED) is 0.555. The molecule has 1 aromatic carbocycles. The molecule has 4 N–H and O–H groups in total. The van der Waals surface area contributed by atoms with Crippen LogP contribution in [0, 0.1) is 0 Å². The number of alkyl halides is 1. The minimum Gasteiger partial charge on any atom is -0.376 e. The van der Waals surface area contributed by atoms with Crippen molar-refractivity contribution in [2.24, 2.45) is 5.73 Å². The van der Waals surface area contributed by atoms with E-state index in [1.807, 2.05) is 0 Å². The zero-order chi connectivity index (χ0) is 23.6. The first-order valence-corrected chi connectivity index (χ1v) is 10.1. The molecule has 174 valence electrons. The van der Waals surface area contributed by atoms with Gasteiger partial charge in [0.2, 0.25) is 17.7 Å². The van der Waals surface area contributed by atoms with Crippen LogP contribution in [0.1, 0.15) is 25.5 Å². The summed E-state index contributed by atoms with van der Waals surface area (Å²) in [5.74, 6) is -2.42. The lowest BCUT2D eigenvalue weighted by molar-refractivity contribution is -0.140. The summed E-state index contributed by atoms with van der Waals surface area (Å²) >= 11 is 0. The van der Waals surface area contributed by atoms with Gasteiger partial charge < -0.3 is 20.7 Å². The van der Waals surface area contributed by atoms with Crippen molar-refractivity contribution in [1.29, 1.82) is 0 Å². The number of benzene rings is 1. The number of amides is 3. The number of methoxy groups -OCH3 is 1. The van der Waals surface area contributed by atoms with Gasteiger partial charge in [0, 0.05) is 12.7 Å². The summed E-state index contributed by atoms with van der Waals surface area (Å²) < 4.78 is 33.5. The second kappa shape index (κ2) is 9.61. The topological polar surface area (TPSA) is 117 Å². The second-order valence-electron chi connectivity index (χ2n) is 7.94. The molecule has 0 bridgehead atoms. The minimum absolute atomic E-state index is 0.282. The van der Waals surface area contributed by atoms with Crippen LogP contribution in [0.3, 0.4) is 0 Å². The number of carbonyl (C=O) groups excluding carboxylic acids is 3.